The van der Waals surface area contributed by atoms with Gasteiger partial charge in [-0.1, -0.05) is 67.8 Å². The first-order chi connectivity index (χ1) is 10.7. The molecular weight excluding hydrogens is 266 g/mol. The molecule has 1 heteroatoms. The SMILES string of the molecule is C=C(/C(C)=c1\ccccc1=C)N1CCCC1c1ccccc1. The van der Waals surface area contributed by atoms with Crippen LogP contribution in [0.3, 0.4) is 0 Å². The van der Waals surface area contributed by atoms with Crippen LogP contribution in [0, 0.1) is 0 Å². The highest BCUT2D eigenvalue weighted by molar-refractivity contribution is 5.60. The zero-order valence-corrected chi connectivity index (χ0v) is 13.3. The van der Waals surface area contributed by atoms with E-state index in [1.807, 2.05) is 6.07 Å². The summed E-state index contributed by atoms with van der Waals surface area (Å²) in [5.74, 6) is 0. The fraction of sp³-hybridized carbons (Fsp3) is 0.238. The predicted molar refractivity (Wildman–Crippen MR) is 94.6 cm³/mol. The predicted octanol–water partition coefficient (Wildman–Crippen LogP) is 3.62. The second-order valence-corrected chi connectivity index (χ2v) is 5.99. The Morgan fingerprint density at radius 1 is 1.05 bits per heavy atom. The number of rotatable bonds is 3. The minimum absolute atomic E-state index is 0.445. The lowest BCUT2D eigenvalue weighted by Crippen LogP contribution is -2.29. The van der Waals surface area contributed by atoms with E-state index >= 15 is 0 Å². The third-order valence-corrected chi connectivity index (χ3v) is 4.64. The number of hydrogen-bond acceptors (Lipinski definition) is 1. The van der Waals surface area contributed by atoms with E-state index in [-0.39, 0.29) is 0 Å². The van der Waals surface area contributed by atoms with Gasteiger partial charge in [-0.2, -0.15) is 0 Å². The molecule has 0 saturated carbocycles. The highest BCUT2D eigenvalue weighted by Gasteiger charge is 2.27. The Hall–Kier alpha value is -2.28. The van der Waals surface area contributed by atoms with Gasteiger partial charge in [0.15, 0.2) is 0 Å². The maximum Gasteiger partial charge on any atom is 0.0542 e. The smallest absolute Gasteiger partial charge is 0.0542 e. The van der Waals surface area contributed by atoms with Crippen molar-refractivity contribution in [2.24, 2.45) is 0 Å². The molecule has 1 aliphatic heterocycles. The summed E-state index contributed by atoms with van der Waals surface area (Å²) in [5.41, 5.74) is 3.74. The highest BCUT2D eigenvalue weighted by Crippen LogP contribution is 2.36. The number of likely N-dealkylation sites (tertiary alicyclic amines) is 1. The first-order valence-corrected chi connectivity index (χ1v) is 7.94. The molecule has 2 aromatic carbocycles. The molecule has 3 rings (SSSR count). The molecule has 0 amide bonds. The van der Waals surface area contributed by atoms with Gasteiger partial charge in [0.05, 0.1) is 6.04 Å². The molecule has 2 aromatic rings. The van der Waals surface area contributed by atoms with Crippen molar-refractivity contribution in [2.75, 3.05) is 6.54 Å². The van der Waals surface area contributed by atoms with Crippen LogP contribution in [0.25, 0.3) is 12.2 Å². The lowest BCUT2D eigenvalue weighted by atomic mass is 10.0. The molecule has 1 unspecified atom stereocenters. The van der Waals surface area contributed by atoms with E-state index in [4.69, 9.17) is 0 Å². The fourth-order valence-electron chi connectivity index (χ4n) is 3.37. The van der Waals surface area contributed by atoms with E-state index in [1.165, 1.54) is 29.2 Å². The maximum absolute atomic E-state index is 4.39. The highest BCUT2D eigenvalue weighted by atomic mass is 15.2. The van der Waals surface area contributed by atoms with Crippen LogP contribution in [0.2, 0.25) is 0 Å². The van der Waals surface area contributed by atoms with Gasteiger partial charge in [-0.05, 0) is 41.3 Å². The Kier molecular flexibility index (Phi) is 4.15. The molecule has 0 aliphatic carbocycles. The topological polar surface area (TPSA) is 3.24 Å². The summed E-state index contributed by atoms with van der Waals surface area (Å²) in [5, 5.41) is 2.27. The number of benzene rings is 2. The number of hydrogen-bond donors (Lipinski definition) is 0. The normalized spacial score (nSPS) is 19.1. The molecule has 0 aromatic heterocycles. The third kappa shape index (κ3) is 2.71. The molecule has 0 N–H and O–H groups in total. The van der Waals surface area contributed by atoms with Crippen molar-refractivity contribution in [3.05, 3.63) is 82.9 Å². The summed E-state index contributed by atoms with van der Waals surface area (Å²) in [6.07, 6.45) is 2.42. The summed E-state index contributed by atoms with van der Waals surface area (Å²) in [7, 11) is 0. The second kappa shape index (κ2) is 6.23. The largest absolute Gasteiger partial charge is 0.365 e. The van der Waals surface area contributed by atoms with Gasteiger partial charge in [-0.15, -0.1) is 0 Å². The summed E-state index contributed by atoms with van der Waals surface area (Å²) in [6, 6.07) is 19.5. The van der Waals surface area contributed by atoms with Gasteiger partial charge in [-0.25, -0.2) is 0 Å². The Bertz CT molecular complexity index is 773. The van der Waals surface area contributed by atoms with Crippen LogP contribution < -0.4 is 10.4 Å². The van der Waals surface area contributed by atoms with Gasteiger partial charge in [-0.3, -0.25) is 0 Å². The van der Waals surface area contributed by atoms with Gasteiger partial charge in [0.25, 0.3) is 0 Å². The molecule has 0 spiro atoms. The average Bonchev–Trinajstić information content (AvgIpc) is 3.04. The van der Waals surface area contributed by atoms with Crippen LogP contribution in [-0.2, 0) is 0 Å². The zero-order chi connectivity index (χ0) is 15.5. The van der Waals surface area contributed by atoms with Crippen molar-refractivity contribution in [1.29, 1.82) is 0 Å². The monoisotopic (exact) mass is 289 g/mol. The maximum atomic E-state index is 4.39. The van der Waals surface area contributed by atoms with Crippen molar-refractivity contribution < 1.29 is 0 Å². The summed E-state index contributed by atoms with van der Waals surface area (Å²) < 4.78 is 0. The Balaban J connectivity index is 1.97. The summed E-state index contributed by atoms with van der Waals surface area (Å²) >= 11 is 0. The molecule has 1 aliphatic rings. The fourth-order valence-corrected chi connectivity index (χ4v) is 3.37. The molecule has 1 nitrogen and oxygen atoms in total. The molecule has 22 heavy (non-hydrogen) atoms. The second-order valence-electron chi connectivity index (χ2n) is 5.99. The molecule has 1 fully saturated rings. The van der Waals surface area contributed by atoms with Gasteiger partial charge in [0, 0.05) is 12.2 Å². The molecule has 0 radical (unpaired) electrons. The van der Waals surface area contributed by atoms with Gasteiger partial charge in [0.2, 0.25) is 0 Å². The lowest BCUT2D eigenvalue weighted by molar-refractivity contribution is 0.340. The standard InChI is InChI=1S/C21H23N/c1-16-10-7-8-13-20(16)17(2)18(3)22-15-9-14-21(22)19-11-5-4-6-12-19/h4-8,10-13,21H,1,3,9,14-15H2,2H3/b20-17+. The van der Waals surface area contributed by atoms with Crippen molar-refractivity contribution in [3.8, 4) is 0 Å². The summed E-state index contributed by atoms with van der Waals surface area (Å²) in [6.45, 7) is 11.8. The molecule has 0 bridgehead atoms. The van der Waals surface area contributed by atoms with E-state index in [9.17, 15) is 0 Å². The first-order valence-electron chi connectivity index (χ1n) is 7.94. The van der Waals surface area contributed by atoms with E-state index in [2.05, 4.69) is 73.5 Å². The van der Waals surface area contributed by atoms with Crippen LogP contribution in [0.4, 0.5) is 0 Å². The Labute approximate surface area is 132 Å². The minimum atomic E-state index is 0.445. The van der Waals surface area contributed by atoms with Gasteiger partial charge < -0.3 is 4.90 Å². The van der Waals surface area contributed by atoms with E-state index in [0.717, 1.165) is 17.5 Å². The van der Waals surface area contributed by atoms with Gasteiger partial charge >= 0.3 is 0 Å². The molecular formula is C21H23N. The molecule has 1 heterocycles. The average molecular weight is 289 g/mol. The minimum Gasteiger partial charge on any atom is -0.365 e. The number of nitrogens with zero attached hydrogens (tertiary/aromatic N) is 1. The van der Waals surface area contributed by atoms with Crippen LogP contribution in [0.1, 0.15) is 31.4 Å². The van der Waals surface area contributed by atoms with Crippen LogP contribution in [-0.4, -0.2) is 11.4 Å². The molecule has 112 valence electrons. The zero-order valence-electron chi connectivity index (χ0n) is 13.3. The van der Waals surface area contributed by atoms with Crippen molar-refractivity contribution in [3.63, 3.8) is 0 Å². The van der Waals surface area contributed by atoms with Crippen LogP contribution in [0.15, 0.2) is 66.9 Å². The van der Waals surface area contributed by atoms with E-state index in [0.29, 0.717) is 6.04 Å². The van der Waals surface area contributed by atoms with Crippen molar-refractivity contribution in [1.82, 2.24) is 4.90 Å². The Morgan fingerprint density at radius 3 is 2.45 bits per heavy atom. The van der Waals surface area contributed by atoms with Crippen LogP contribution in [0.5, 0.6) is 0 Å². The summed E-state index contributed by atoms with van der Waals surface area (Å²) in [4.78, 5) is 2.46. The third-order valence-electron chi connectivity index (χ3n) is 4.64. The van der Waals surface area contributed by atoms with Crippen molar-refractivity contribution in [2.45, 2.75) is 25.8 Å². The van der Waals surface area contributed by atoms with Crippen LogP contribution >= 0.6 is 0 Å². The van der Waals surface area contributed by atoms with E-state index in [1.54, 1.807) is 0 Å². The van der Waals surface area contributed by atoms with E-state index < -0.39 is 0 Å². The quantitative estimate of drug-likeness (QED) is 0.834. The van der Waals surface area contributed by atoms with Gasteiger partial charge in [0.1, 0.15) is 0 Å². The number of allylic oxidation sites excluding steroid dienone is 1. The first kappa shape index (κ1) is 14.6. The Morgan fingerprint density at radius 2 is 1.73 bits per heavy atom. The molecule has 1 atom stereocenters. The lowest BCUT2D eigenvalue weighted by Gasteiger charge is -2.29. The molecule has 1 saturated heterocycles. The van der Waals surface area contributed by atoms with Crippen molar-refractivity contribution >= 4 is 12.2 Å².